The minimum absolute atomic E-state index is 0.174. The van der Waals surface area contributed by atoms with Crippen LogP contribution in [0.15, 0.2) is 48.5 Å². The Hall–Kier alpha value is -1.55. The molecule has 0 N–H and O–H groups in total. The van der Waals surface area contributed by atoms with Crippen molar-refractivity contribution in [2.24, 2.45) is 0 Å². The second-order valence-corrected chi connectivity index (χ2v) is 6.84. The van der Waals surface area contributed by atoms with Gasteiger partial charge in [-0.15, -0.1) is 0 Å². The van der Waals surface area contributed by atoms with Crippen LogP contribution in [0, 0.1) is 0 Å². The lowest BCUT2D eigenvalue weighted by Gasteiger charge is -2.32. The number of fused-ring (bicyclic) bond motifs is 1. The monoisotopic (exact) mass is 358 g/mol. The molecule has 1 heterocycles. The summed E-state index contributed by atoms with van der Waals surface area (Å²) in [5, 5.41) is 0.758. The zero-order valence-electron chi connectivity index (χ0n) is 15.1. The predicted molar refractivity (Wildman–Crippen MR) is 105 cm³/mol. The molecule has 3 nitrogen and oxygen atoms in total. The number of hydrogen-bond donors (Lipinski definition) is 0. The Kier molecular flexibility index (Phi) is 6.35. The maximum atomic E-state index is 6.32. The second kappa shape index (κ2) is 8.70. The quantitative estimate of drug-likeness (QED) is 0.758. The van der Waals surface area contributed by atoms with Gasteiger partial charge in [0.1, 0.15) is 12.4 Å². The van der Waals surface area contributed by atoms with E-state index in [4.69, 9.17) is 16.3 Å². The first-order valence-corrected chi connectivity index (χ1v) is 9.54. The van der Waals surface area contributed by atoms with Crippen molar-refractivity contribution in [2.45, 2.75) is 19.9 Å². The minimum Gasteiger partial charge on any atom is -0.492 e. The van der Waals surface area contributed by atoms with Crippen LogP contribution in [0.2, 0.25) is 5.02 Å². The summed E-state index contributed by atoms with van der Waals surface area (Å²) in [4.78, 5) is 4.99. The van der Waals surface area contributed by atoms with Crippen LogP contribution in [0.3, 0.4) is 0 Å². The van der Waals surface area contributed by atoms with Crippen molar-refractivity contribution in [2.75, 3.05) is 39.3 Å². The molecule has 1 atom stereocenters. The molecular weight excluding hydrogens is 332 g/mol. The lowest BCUT2D eigenvalue weighted by Crippen LogP contribution is -2.38. The summed E-state index contributed by atoms with van der Waals surface area (Å²) in [6, 6.07) is 16.8. The van der Waals surface area contributed by atoms with Gasteiger partial charge in [0.2, 0.25) is 0 Å². The van der Waals surface area contributed by atoms with Crippen LogP contribution in [0.4, 0.5) is 0 Å². The van der Waals surface area contributed by atoms with E-state index < -0.39 is 0 Å². The molecule has 3 rings (SSSR count). The summed E-state index contributed by atoms with van der Waals surface area (Å²) < 4.78 is 6.03. The molecule has 0 saturated carbocycles. The van der Waals surface area contributed by atoms with Crippen molar-refractivity contribution in [3.8, 4) is 5.75 Å². The van der Waals surface area contributed by atoms with Crippen molar-refractivity contribution < 1.29 is 4.74 Å². The fourth-order valence-electron chi connectivity index (χ4n) is 3.54. The number of nitrogens with zero attached hydrogens (tertiary/aromatic N) is 2. The average Bonchev–Trinajstić information content (AvgIpc) is 2.82. The Bertz CT molecular complexity index is 673. The third-order valence-electron chi connectivity index (χ3n) is 4.98. The molecule has 0 radical (unpaired) electrons. The fraction of sp³-hybridized carbons (Fsp3) is 0.429. The molecule has 1 unspecified atom stereocenters. The molecule has 1 aliphatic rings. The third kappa shape index (κ3) is 4.35. The molecule has 134 valence electrons. The van der Waals surface area contributed by atoms with Crippen molar-refractivity contribution in [1.82, 2.24) is 9.80 Å². The molecule has 0 aliphatic carbocycles. The predicted octanol–water partition coefficient (Wildman–Crippen LogP) is 4.47. The average molecular weight is 359 g/mol. The lowest BCUT2D eigenvalue weighted by molar-refractivity contribution is 0.171. The number of ether oxygens (including phenoxy) is 1. The van der Waals surface area contributed by atoms with Crippen molar-refractivity contribution >= 4 is 11.6 Å². The van der Waals surface area contributed by atoms with Gasteiger partial charge in [-0.25, -0.2) is 0 Å². The van der Waals surface area contributed by atoms with Crippen LogP contribution in [-0.2, 0) is 0 Å². The summed E-state index contributed by atoms with van der Waals surface area (Å²) in [6.45, 7) is 10.3. The number of halogens is 1. The molecule has 4 heteroatoms. The number of benzene rings is 2. The van der Waals surface area contributed by atoms with Gasteiger partial charge in [0.15, 0.2) is 0 Å². The highest BCUT2D eigenvalue weighted by Gasteiger charge is 2.28. The van der Waals surface area contributed by atoms with Crippen LogP contribution < -0.4 is 4.74 Å². The molecule has 25 heavy (non-hydrogen) atoms. The molecule has 0 saturated heterocycles. The lowest BCUT2D eigenvalue weighted by atomic mass is 9.96. The van der Waals surface area contributed by atoms with Gasteiger partial charge >= 0.3 is 0 Å². The van der Waals surface area contributed by atoms with Gasteiger partial charge < -0.3 is 9.64 Å². The molecule has 2 aromatic rings. The molecule has 0 fully saturated rings. The third-order valence-corrected chi connectivity index (χ3v) is 5.22. The first kappa shape index (κ1) is 18.2. The summed E-state index contributed by atoms with van der Waals surface area (Å²) in [6.07, 6.45) is 0. The van der Waals surface area contributed by atoms with E-state index in [9.17, 15) is 0 Å². The number of rotatable bonds is 6. The molecule has 0 spiro atoms. The van der Waals surface area contributed by atoms with Gasteiger partial charge in [-0.05, 0) is 36.9 Å². The topological polar surface area (TPSA) is 15.7 Å². The fourth-order valence-corrected chi connectivity index (χ4v) is 3.72. The van der Waals surface area contributed by atoms with Crippen LogP contribution in [0.1, 0.15) is 31.0 Å². The number of likely N-dealkylation sites (N-methyl/N-ethyl adjacent to an activating group) is 1. The van der Waals surface area contributed by atoms with E-state index in [1.54, 1.807) is 0 Å². The zero-order chi connectivity index (χ0) is 17.6. The summed E-state index contributed by atoms with van der Waals surface area (Å²) in [5.74, 6) is 0.948. The summed E-state index contributed by atoms with van der Waals surface area (Å²) >= 11 is 6.32. The van der Waals surface area contributed by atoms with Crippen LogP contribution in [0.25, 0.3) is 0 Å². The minimum atomic E-state index is 0.174. The summed E-state index contributed by atoms with van der Waals surface area (Å²) in [7, 11) is 0. The molecular formula is C21H27ClN2O. The second-order valence-electron chi connectivity index (χ2n) is 6.41. The van der Waals surface area contributed by atoms with Gasteiger partial charge in [0.25, 0.3) is 0 Å². The van der Waals surface area contributed by atoms with Crippen LogP contribution >= 0.6 is 11.6 Å². The van der Waals surface area contributed by atoms with E-state index in [2.05, 4.69) is 60.0 Å². The number of hydrogen-bond acceptors (Lipinski definition) is 3. The van der Waals surface area contributed by atoms with Crippen LogP contribution in [-0.4, -0.2) is 49.1 Å². The van der Waals surface area contributed by atoms with E-state index in [-0.39, 0.29) is 6.04 Å². The largest absolute Gasteiger partial charge is 0.492 e. The molecule has 0 bridgehead atoms. The first-order chi connectivity index (χ1) is 12.2. The van der Waals surface area contributed by atoms with Gasteiger partial charge in [-0.2, -0.15) is 0 Å². The van der Waals surface area contributed by atoms with Gasteiger partial charge in [0.05, 0.1) is 6.04 Å². The van der Waals surface area contributed by atoms with Gasteiger partial charge in [-0.3, -0.25) is 4.90 Å². The Morgan fingerprint density at radius 3 is 2.60 bits per heavy atom. The van der Waals surface area contributed by atoms with Crippen LogP contribution in [0.5, 0.6) is 5.75 Å². The standard InChI is InChI=1S/C21H27ClN2O/c1-3-23(4-2)12-13-24-14-15-25-20-11-10-18(22)16-19(20)21(24)17-8-6-5-7-9-17/h5-11,16,21H,3-4,12-15H2,1-2H3. The molecule has 2 aromatic carbocycles. The highest BCUT2D eigenvalue weighted by Crippen LogP contribution is 2.38. The van der Waals surface area contributed by atoms with E-state index in [1.165, 1.54) is 5.56 Å². The molecule has 0 aromatic heterocycles. The van der Waals surface area contributed by atoms with E-state index in [0.717, 1.165) is 49.1 Å². The smallest absolute Gasteiger partial charge is 0.124 e. The maximum Gasteiger partial charge on any atom is 0.124 e. The Morgan fingerprint density at radius 1 is 1.12 bits per heavy atom. The SMILES string of the molecule is CCN(CC)CCN1CCOc2ccc(Cl)cc2C1c1ccccc1. The van der Waals surface area contributed by atoms with Gasteiger partial charge in [0, 0.05) is 30.2 Å². The first-order valence-electron chi connectivity index (χ1n) is 9.16. The molecule has 1 aliphatic heterocycles. The molecule has 0 amide bonds. The zero-order valence-corrected chi connectivity index (χ0v) is 15.9. The Morgan fingerprint density at radius 2 is 1.88 bits per heavy atom. The Balaban J connectivity index is 1.95. The van der Waals surface area contributed by atoms with Gasteiger partial charge in [-0.1, -0.05) is 55.8 Å². The van der Waals surface area contributed by atoms with Crippen molar-refractivity contribution in [1.29, 1.82) is 0 Å². The van der Waals surface area contributed by atoms with E-state index in [1.807, 2.05) is 12.1 Å². The normalized spacial score (nSPS) is 17.8. The Labute approximate surface area is 156 Å². The highest BCUT2D eigenvalue weighted by molar-refractivity contribution is 6.30. The highest BCUT2D eigenvalue weighted by atomic mass is 35.5. The van der Waals surface area contributed by atoms with E-state index in [0.29, 0.717) is 6.61 Å². The summed E-state index contributed by atoms with van der Waals surface area (Å²) in [5.41, 5.74) is 2.45. The van der Waals surface area contributed by atoms with Crippen molar-refractivity contribution in [3.05, 3.63) is 64.7 Å². The van der Waals surface area contributed by atoms with E-state index >= 15 is 0 Å². The van der Waals surface area contributed by atoms with Crippen molar-refractivity contribution in [3.63, 3.8) is 0 Å². The maximum absolute atomic E-state index is 6.32.